The van der Waals surface area contributed by atoms with Crippen LogP contribution in [-0.4, -0.2) is 66.0 Å². The third-order valence-electron chi connectivity index (χ3n) is 6.53. The van der Waals surface area contributed by atoms with Crippen molar-refractivity contribution in [1.82, 2.24) is 20.2 Å². The number of hydrogen-bond acceptors (Lipinski definition) is 7. The summed E-state index contributed by atoms with van der Waals surface area (Å²) in [6.07, 6.45) is 5.48. The summed E-state index contributed by atoms with van der Waals surface area (Å²) in [5, 5.41) is 6.53. The summed E-state index contributed by atoms with van der Waals surface area (Å²) in [6, 6.07) is 13.4. The molecule has 1 unspecified atom stereocenters. The lowest BCUT2D eigenvalue weighted by molar-refractivity contribution is -0.131. The maximum Gasteiger partial charge on any atom is 0.253 e. The highest BCUT2D eigenvalue weighted by Gasteiger charge is 2.33. The van der Waals surface area contributed by atoms with Crippen LogP contribution in [0.4, 0.5) is 11.5 Å². The number of hydrogen-bond donors (Lipinski definition) is 3. The molecule has 1 atom stereocenters. The van der Waals surface area contributed by atoms with Crippen LogP contribution < -0.4 is 21.3 Å². The number of pyridine rings is 2. The summed E-state index contributed by atoms with van der Waals surface area (Å²) < 4.78 is 0. The number of piperazine rings is 1. The van der Waals surface area contributed by atoms with Gasteiger partial charge >= 0.3 is 0 Å². The minimum atomic E-state index is -0.249. The van der Waals surface area contributed by atoms with Crippen LogP contribution in [0.2, 0.25) is 0 Å². The van der Waals surface area contributed by atoms with Crippen LogP contribution in [0.5, 0.6) is 0 Å². The molecule has 2 amide bonds. The number of benzene rings is 1. The van der Waals surface area contributed by atoms with E-state index in [2.05, 4.69) is 32.7 Å². The Morgan fingerprint density at radius 1 is 1.06 bits per heavy atom. The second kappa shape index (κ2) is 10.1. The van der Waals surface area contributed by atoms with Crippen LogP contribution in [-0.2, 0) is 4.79 Å². The number of anilines is 2. The number of nitrogens with one attached hydrogen (secondary N) is 2. The highest BCUT2D eigenvalue weighted by Crippen LogP contribution is 2.43. The minimum absolute atomic E-state index is 0.0960. The van der Waals surface area contributed by atoms with Crippen molar-refractivity contribution in [2.45, 2.75) is 12.5 Å². The standard InChI is InChI=1S/C26H29N7O2/c27-9-8-22(34)32-11-13-33(14-12-32)24-20(18-5-2-1-3-6-18)16-29-25-23(24)21(17-30-25)31-26(35)19-7-4-10-28-15-19/h1-7,10,15-16,21H,8-9,11-14,17,27H2,(H,29,30)(H,31,35). The highest BCUT2D eigenvalue weighted by molar-refractivity contribution is 5.95. The largest absolute Gasteiger partial charge is 0.367 e. The fourth-order valence-corrected chi connectivity index (χ4v) is 4.78. The zero-order valence-corrected chi connectivity index (χ0v) is 19.5. The zero-order chi connectivity index (χ0) is 24.2. The van der Waals surface area contributed by atoms with Crippen molar-refractivity contribution in [2.24, 2.45) is 5.73 Å². The Hall–Kier alpha value is -3.98. The van der Waals surface area contributed by atoms with E-state index in [9.17, 15) is 9.59 Å². The minimum Gasteiger partial charge on any atom is -0.367 e. The highest BCUT2D eigenvalue weighted by atomic mass is 16.2. The van der Waals surface area contributed by atoms with E-state index in [1.54, 1.807) is 24.5 Å². The normalized spacial score (nSPS) is 17.0. The predicted octanol–water partition coefficient (Wildman–Crippen LogP) is 2.04. The van der Waals surface area contributed by atoms with Gasteiger partial charge in [0.2, 0.25) is 5.91 Å². The molecule has 3 aromatic rings. The Bertz CT molecular complexity index is 1200. The van der Waals surface area contributed by atoms with E-state index < -0.39 is 0 Å². The summed E-state index contributed by atoms with van der Waals surface area (Å²) in [5.41, 5.74) is 10.2. The lowest BCUT2D eigenvalue weighted by Crippen LogP contribution is -2.49. The van der Waals surface area contributed by atoms with Crippen LogP contribution in [0.15, 0.2) is 61.1 Å². The fraction of sp³-hybridized carbons (Fsp3) is 0.308. The lowest BCUT2D eigenvalue weighted by atomic mass is 9.98. The van der Waals surface area contributed by atoms with Gasteiger partial charge in [-0.05, 0) is 17.7 Å². The van der Waals surface area contributed by atoms with Gasteiger partial charge in [-0.3, -0.25) is 14.6 Å². The topological polar surface area (TPSA) is 116 Å². The van der Waals surface area contributed by atoms with Crippen molar-refractivity contribution in [2.75, 3.05) is 49.5 Å². The number of aromatic nitrogens is 2. The molecule has 5 rings (SSSR count). The average Bonchev–Trinajstić information content (AvgIpc) is 3.32. The zero-order valence-electron chi connectivity index (χ0n) is 19.5. The number of fused-ring (bicyclic) bond motifs is 1. The molecule has 2 aliphatic heterocycles. The van der Waals surface area contributed by atoms with Crippen molar-refractivity contribution in [3.8, 4) is 11.1 Å². The first-order valence-electron chi connectivity index (χ1n) is 11.9. The molecule has 9 heteroatoms. The maximum absolute atomic E-state index is 13.0. The molecule has 9 nitrogen and oxygen atoms in total. The van der Waals surface area contributed by atoms with Crippen molar-refractivity contribution in [3.63, 3.8) is 0 Å². The van der Waals surface area contributed by atoms with Gasteiger partial charge in [0.05, 0.1) is 17.3 Å². The molecular weight excluding hydrogens is 442 g/mol. The Labute approximate surface area is 204 Å². The Kier molecular flexibility index (Phi) is 6.58. The molecule has 0 aliphatic carbocycles. The molecule has 0 spiro atoms. The molecule has 35 heavy (non-hydrogen) atoms. The van der Waals surface area contributed by atoms with E-state index in [1.165, 1.54) is 0 Å². The van der Waals surface area contributed by atoms with Crippen molar-refractivity contribution in [3.05, 3.63) is 72.2 Å². The Morgan fingerprint density at radius 2 is 1.86 bits per heavy atom. The molecule has 180 valence electrons. The second-order valence-electron chi connectivity index (χ2n) is 8.70. The molecule has 2 aliphatic rings. The third kappa shape index (κ3) is 4.67. The van der Waals surface area contributed by atoms with Gasteiger partial charge in [0.25, 0.3) is 5.91 Å². The first-order chi connectivity index (χ1) is 17.2. The SMILES string of the molecule is NCCC(=O)N1CCN(c2c(-c3ccccc3)cnc3c2C(NC(=O)c2cccnc2)CN3)CC1. The summed E-state index contributed by atoms with van der Waals surface area (Å²) in [4.78, 5) is 38.3. The second-order valence-corrected chi connectivity index (χ2v) is 8.70. The molecule has 0 saturated carbocycles. The van der Waals surface area contributed by atoms with Crippen LogP contribution in [0.1, 0.15) is 28.4 Å². The molecule has 1 fully saturated rings. The quantitative estimate of drug-likeness (QED) is 0.504. The van der Waals surface area contributed by atoms with E-state index in [-0.39, 0.29) is 17.9 Å². The Morgan fingerprint density at radius 3 is 2.57 bits per heavy atom. The first-order valence-corrected chi connectivity index (χ1v) is 11.9. The number of carbonyl (C=O) groups is 2. The van der Waals surface area contributed by atoms with Crippen molar-refractivity contribution >= 4 is 23.3 Å². The molecule has 4 N–H and O–H groups in total. The number of rotatable bonds is 6. The van der Waals surface area contributed by atoms with E-state index in [0.717, 1.165) is 28.2 Å². The van der Waals surface area contributed by atoms with Crippen LogP contribution in [0.25, 0.3) is 11.1 Å². The molecule has 0 radical (unpaired) electrons. The van der Waals surface area contributed by atoms with Crippen LogP contribution in [0, 0.1) is 0 Å². The van der Waals surface area contributed by atoms with E-state index in [0.29, 0.717) is 51.3 Å². The molecular formula is C26H29N7O2. The van der Waals surface area contributed by atoms with Gasteiger partial charge in [0.15, 0.2) is 0 Å². The van der Waals surface area contributed by atoms with Crippen LogP contribution in [0.3, 0.4) is 0 Å². The van der Waals surface area contributed by atoms with Crippen molar-refractivity contribution < 1.29 is 9.59 Å². The van der Waals surface area contributed by atoms with Gasteiger partial charge in [-0.25, -0.2) is 4.98 Å². The predicted molar refractivity (Wildman–Crippen MR) is 135 cm³/mol. The van der Waals surface area contributed by atoms with Gasteiger partial charge in [-0.15, -0.1) is 0 Å². The number of nitrogens with zero attached hydrogens (tertiary/aromatic N) is 4. The fourth-order valence-electron chi connectivity index (χ4n) is 4.78. The summed E-state index contributed by atoms with van der Waals surface area (Å²) in [6.45, 7) is 3.55. The van der Waals surface area contributed by atoms with Gasteiger partial charge in [-0.1, -0.05) is 30.3 Å². The molecule has 0 bridgehead atoms. The first kappa shape index (κ1) is 22.8. The van der Waals surface area contributed by atoms with Gasteiger partial charge in [0.1, 0.15) is 5.82 Å². The average molecular weight is 472 g/mol. The van der Waals surface area contributed by atoms with E-state index >= 15 is 0 Å². The van der Waals surface area contributed by atoms with Gasteiger partial charge in [0, 0.05) is 75.4 Å². The molecule has 4 heterocycles. The smallest absolute Gasteiger partial charge is 0.253 e. The molecule has 1 saturated heterocycles. The maximum atomic E-state index is 13.0. The van der Waals surface area contributed by atoms with Gasteiger partial charge < -0.3 is 26.2 Å². The summed E-state index contributed by atoms with van der Waals surface area (Å²) in [7, 11) is 0. The van der Waals surface area contributed by atoms with Gasteiger partial charge in [-0.2, -0.15) is 0 Å². The summed E-state index contributed by atoms with van der Waals surface area (Å²) in [5.74, 6) is 0.697. The number of amides is 2. The summed E-state index contributed by atoms with van der Waals surface area (Å²) >= 11 is 0. The number of carbonyl (C=O) groups excluding carboxylic acids is 2. The van der Waals surface area contributed by atoms with E-state index in [4.69, 9.17) is 10.7 Å². The van der Waals surface area contributed by atoms with Crippen LogP contribution >= 0.6 is 0 Å². The third-order valence-corrected chi connectivity index (χ3v) is 6.53. The van der Waals surface area contributed by atoms with Crippen molar-refractivity contribution in [1.29, 1.82) is 0 Å². The number of nitrogens with two attached hydrogens (primary N) is 1. The van der Waals surface area contributed by atoms with E-state index in [1.807, 2.05) is 29.3 Å². The molecule has 2 aromatic heterocycles. The monoisotopic (exact) mass is 471 g/mol. The Balaban J connectivity index is 1.49. The lowest BCUT2D eigenvalue weighted by Gasteiger charge is -2.38. The molecule has 1 aromatic carbocycles.